The molecule has 3 aromatic rings. The lowest BCUT2D eigenvalue weighted by atomic mass is 10.0. The first-order valence-electron chi connectivity index (χ1n) is 10.6. The van der Waals surface area contributed by atoms with Gasteiger partial charge in [0.25, 0.3) is 0 Å². The maximum Gasteiger partial charge on any atom is 0.222 e. The van der Waals surface area contributed by atoms with Crippen molar-refractivity contribution in [3.05, 3.63) is 71.3 Å². The lowest BCUT2D eigenvalue weighted by Crippen LogP contribution is -2.14. The Bertz CT molecular complexity index is 1100. The molecule has 162 valence electrons. The summed E-state index contributed by atoms with van der Waals surface area (Å²) < 4.78 is 5.28. The van der Waals surface area contributed by atoms with Crippen LogP contribution in [0.15, 0.2) is 65.8 Å². The van der Waals surface area contributed by atoms with E-state index in [1.165, 1.54) is 16.7 Å². The van der Waals surface area contributed by atoms with Gasteiger partial charge in [0.1, 0.15) is 11.6 Å². The minimum absolute atomic E-state index is 0.272. The second kappa shape index (κ2) is 10.1. The van der Waals surface area contributed by atoms with Crippen molar-refractivity contribution in [1.82, 2.24) is 9.97 Å². The number of ether oxygens (including phenoxy) is 1. The number of hydrogen-bond acceptors (Lipinski definition) is 5. The topological polar surface area (TPSA) is 64.3 Å². The maximum absolute atomic E-state index is 6.05. The van der Waals surface area contributed by atoms with Gasteiger partial charge in [-0.3, -0.25) is 0 Å². The van der Waals surface area contributed by atoms with Gasteiger partial charge in [-0.25, -0.2) is 4.98 Å². The van der Waals surface area contributed by atoms with Crippen LogP contribution < -0.4 is 15.4 Å². The first-order valence-corrected chi connectivity index (χ1v) is 10.6. The average Bonchev–Trinajstić information content (AvgIpc) is 2.76. The number of allylic oxidation sites excluding steroid dienone is 4. The number of anilines is 3. The number of fused-ring (bicyclic) bond motifs is 1. The molecule has 5 heteroatoms. The number of methoxy groups -OCH3 is 1. The summed E-state index contributed by atoms with van der Waals surface area (Å²) in [5.74, 6) is 1.89. The summed E-state index contributed by atoms with van der Waals surface area (Å²) >= 11 is 0. The van der Waals surface area contributed by atoms with E-state index in [-0.39, 0.29) is 5.95 Å². The summed E-state index contributed by atoms with van der Waals surface area (Å²) in [7, 11) is 3.67. The molecule has 0 aliphatic carbocycles. The zero-order chi connectivity index (χ0) is 22.4. The number of nitrogen functional groups attached to an aromatic ring is 1. The molecular weight excluding hydrogens is 384 g/mol. The summed E-state index contributed by atoms with van der Waals surface area (Å²) in [5, 5.41) is 1.03. The molecule has 0 saturated carbocycles. The molecule has 0 spiro atoms. The van der Waals surface area contributed by atoms with Crippen molar-refractivity contribution in [2.24, 2.45) is 0 Å². The molecule has 0 atom stereocenters. The van der Waals surface area contributed by atoms with Crippen molar-refractivity contribution >= 4 is 28.4 Å². The third kappa shape index (κ3) is 5.63. The Kier molecular flexibility index (Phi) is 7.29. The molecule has 0 radical (unpaired) electrons. The Hall–Kier alpha value is -3.34. The van der Waals surface area contributed by atoms with Crippen molar-refractivity contribution in [2.75, 3.05) is 24.8 Å². The van der Waals surface area contributed by atoms with E-state index in [2.05, 4.69) is 53.9 Å². The molecule has 0 aliphatic rings. The van der Waals surface area contributed by atoms with Gasteiger partial charge in [-0.2, -0.15) is 4.98 Å². The van der Waals surface area contributed by atoms with Crippen molar-refractivity contribution in [2.45, 2.75) is 40.0 Å². The number of nitrogens with two attached hydrogens (primary N) is 1. The van der Waals surface area contributed by atoms with E-state index in [1.807, 2.05) is 43.4 Å². The zero-order valence-electron chi connectivity index (χ0n) is 19.1. The summed E-state index contributed by atoms with van der Waals surface area (Å²) in [4.78, 5) is 11.1. The van der Waals surface area contributed by atoms with Crippen LogP contribution in [0.3, 0.4) is 0 Å². The Morgan fingerprint density at radius 2 is 1.77 bits per heavy atom. The van der Waals surface area contributed by atoms with Gasteiger partial charge in [-0.15, -0.1) is 0 Å². The van der Waals surface area contributed by atoms with Crippen molar-refractivity contribution in [3.8, 4) is 5.75 Å². The quantitative estimate of drug-likeness (QED) is 0.441. The SMILES string of the molecule is COc1ccc(N(C)c2nc(N)nc3cccc(CC=C(C)CCC=C(C)C)c23)cc1. The minimum atomic E-state index is 0.272. The van der Waals surface area contributed by atoms with E-state index in [0.29, 0.717) is 0 Å². The number of aromatic nitrogens is 2. The molecule has 0 aliphatic heterocycles. The van der Waals surface area contributed by atoms with Crippen LogP contribution in [0.1, 0.15) is 39.2 Å². The van der Waals surface area contributed by atoms with Gasteiger partial charge in [0.2, 0.25) is 5.95 Å². The van der Waals surface area contributed by atoms with E-state index in [1.54, 1.807) is 7.11 Å². The fraction of sp³-hybridized carbons (Fsp3) is 0.308. The molecule has 5 nitrogen and oxygen atoms in total. The lowest BCUT2D eigenvalue weighted by Gasteiger charge is -2.22. The van der Waals surface area contributed by atoms with Gasteiger partial charge >= 0.3 is 0 Å². The standard InChI is InChI=1S/C26H32N4O/c1-18(2)8-6-9-19(3)12-13-20-10-7-11-23-24(20)25(29-26(27)28-23)30(4)21-14-16-22(31-5)17-15-21/h7-8,10-12,14-17H,6,9,13H2,1-5H3,(H2,27,28,29). The molecule has 1 heterocycles. The second-order valence-corrected chi connectivity index (χ2v) is 8.05. The summed E-state index contributed by atoms with van der Waals surface area (Å²) in [6.45, 7) is 6.48. The molecular formula is C26H32N4O. The lowest BCUT2D eigenvalue weighted by molar-refractivity contribution is 0.415. The Balaban J connectivity index is 1.97. The number of benzene rings is 2. The highest BCUT2D eigenvalue weighted by Gasteiger charge is 2.15. The van der Waals surface area contributed by atoms with Gasteiger partial charge in [-0.1, -0.05) is 35.4 Å². The monoisotopic (exact) mass is 416 g/mol. The second-order valence-electron chi connectivity index (χ2n) is 8.05. The molecule has 0 bridgehead atoms. The third-order valence-electron chi connectivity index (χ3n) is 5.35. The van der Waals surface area contributed by atoms with E-state index in [9.17, 15) is 0 Å². The van der Waals surface area contributed by atoms with Crippen LogP contribution in [-0.4, -0.2) is 24.1 Å². The van der Waals surface area contributed by atoms with Gasteiger partial charge in [0.05, 0.1) is 12.6 Å². The highest BCUT2D eigenvalue weighted by atomic mass is 16.5. The first-order chi connectivity index (χ1) is 14.9. The van der Waals surface area contributed by atoms with E-state index >= 15 is 0 Å². The first kappa shape index (κ1) is 22.3. The molecule has 2 N–H and O–H groups in total. The molecule has 3 rings (SSSR count). The zero-order valence-corrected chi connectivity index (χ0v) is 19.1. The Labute approximate surface area is 185 Å². The smallest absolute Gasteiger partial charge is 0.222 e. The predicted molar refractivity (Wildman–Crippen MR) is 131 cm³/mol. The Morgan fingerprint density at radius 3 is 2.45 bits per heavy atom. The van der Waals surface area contributed by atoms with Gasteiger partial charge in [0, 0.05) is 18.1 Å². The van der Waals surface area contributed by atoms with Gasteiger partial charge < -0.3 is 15.4 Å². The average molecular weight is 417 g/mol. The van der Waals surface area contributed by atoms with Crippen LogP contribution in [0.25, 0.3) is 10.9 Å². The van der Waals surface area contributed by atoms with Crippen LogP contribution in [-0.2, 0) is 6.42 Å². The van der Waals surface area contributed by atoms with Crippen LogP contribution in [0.5, 0.6) is 5.75 Å². The van der Waals surface area contributed by atoms with Crippen molar-refractivity contribution in [3.63, 3.8) is 0 Å². The van der Waals surface area contributed by atoms with Crippen LogP contribution in [0.4, 0.5) is 17.5 Å². The van der Waals surface area contributed by atoms with E-state index < -0.39 is 0 Å². The fourth-order valence-corrected chi connectivity index (χ4v) is 3.57. The predicted octanol–water partition coefficient (Wildman–Crippen LogP) is 6.22. The molecule has 0 fully saturated rings. The van der Waals surface area contributed by atoms with E-state index in [4.69, 9.17) is 10.5 Å². The molecule has 0 unspecified atom stereocenters. The maximum atomic E-state index is 6.05. The molecule has 0 saturated heterocycles. The fourth-order valence-electron chi connectivity index (χ4n) is 3.57. The van der Waals surface area contributed by atoms with Crippen molar-refractivity contribution < 1.29 is 4.74 Å². The summed E-state index contributed by atoms with van der Waals surface area (Å²) in [5.41, 5.74) is 11.9. The van der Waals surface area contributed by atoms with Crippen LogP contribution in [0, 0.1) is 0 Å². The number of rotatable bonds is 8. The Morgan fingerprint density at radius 1 is 1.03 bits per heavy atom. The van der Waals surface area contributed by atoms with Crippen LogP contribution >= 0.6 is 0 Å². The number of nitrogens with zero attached hydrogens (tertiary/aromatic N) is 3. The highest BCUT2D eigenvalue weighted by molar-refractivity contribution is 5.95. The minimum Gasteiger partial charge on any atom is -0.497 e. The highest BCUT2D eigenvalue weighted by Crippen LogP contribution is 2.33. The molecule has 31 heavy (non-hydrogen) atoms. The molecule has 0 amide bonds. The van der Waals surface area contributed by atoms with Crippen molar-refractivity contribution in [1.29, 1.82) is 0 Å². The number of hydrogen-bond donors (Lipinski definition) is 1. The third-order valence-corrected chi connectivity index (χ3v) is 5.35. The molecule has 2 aromatic carbocycles. The normalized spacial score (nSPS) is 11.5. The van der Waals surface area contributed by atoms with Gasteiger partial charge in [-0.05, 0) is 75.9 Å². The molecule has 1 aromatic heterocycles. The van der Waals surface area contributed by atoms with E-state index in [0.717, 1.165) is 47.4 Å². The largest absolute Gasteiger partial charge is 0.497 e. The summed E-state index contributed by atoms with van der Waals surface area (Å²) in [6, 6.07) is 14.1. The van der Waals surface area contributed by atoms with Crippen LogP contribution in [0.2, 0.25) is 0 Å². The summed E-state index contributed by atoms with van der Waals surface area (Å²) in [6.07, 6.45) is 7.56. The van der Waals surface area contributed by atoms with Gasteiger partial charge in [0.15, 0.2) is 0 Å².